The lowest BCUT2D eigenvalue weighted by molar-refractivity contribution is 0.0757. The number of hydrogen-bond donors (Lipinski definition) is 2. The fourth-order valence-corrected chi connectivity index (χ4v) is 4.74. The van der Waals surface area contributed by atoms with Crippen LogP contribution < -0.4 is 0 Å². The summed E-state index contributed by atoms with van der Waals surface area (Å²) in [5.74, 6) is -0.287. The Morgan fingerprint density at radius 3 is 2.72 bits per heavy atom. The number of nitrogens with zero attached hydrogens (tertiary/aromatic N) is 3. The highest BCUT2D eigenvalue weighted by Crippen LogP contribution is 2.68. The van der Waals surface area contributed by atoms with Gasteiger partial charge >= 0.3 is 0 Å². The minimum absolute atomic E-state index is 0.0109. The van der Waals surface area contributed by atoms with E-state index in [0.29, 0.717) is 11.6 Å². The highest BCUT2D eigenvalue weighted by atomic mass is 35.5. The van der Waals surface area contributed by atoms with Gasteiger partial charge in [-0.25, -0.2) is 0 Å². The lowest BCUT2D eigenvalue weighted by Crippen LogP contribution is -2.30. The summed E-state index contributed by atoms with van der Waals surface area (Å²) < 4.78 is 1.50. The van der Waals surface area contributed by atoms with E-state index in [-0.39, 0.29) is 36.6 Å². The van der Waals surface area contributed by atoms with Crippen molar-refractivity contribution in [3.63, 3.8) is 0 Å². The number of rotatable bonds is 3. The van der Waals surface area contributed by atoms with Crippen LogP contribution in [0.4, 0.5) is 0 Å². The predicted octanol–water partition coefficient (Wildman–Crippen LogP) is 1.28. The second-order valence-electron chi connectivity index (χ2n) is 6.99. The molecule has 1 aromatic carbocycles. The van der Waals surface area contributed by atoms with Crippen LogP contribution in [0.25, 0.3) is 0 Å². The van der Waals surface area contributed by atoms with Gasteiger partial charge in [-0.3, -0.25) is 9.48 Å². The molecule has 2 heterocycles. The Morgan fingerprint density at radius 2 is 2.12 bits per heavy atom. The van der Waals surface area contributed by atoms with E-state index in [0.717, 1.165) is 5.56 Å². The molecule has 4 atom stereocenters. The van der Waals surface area contributed by atoms with E-state index in [1.165, 1.54) is 4.68 Å². The number of halogens is 1. The first-order valence-corrected chi connectivity index (χ1v) is 8.69. The summed E-state index contributed by atoms with van der Waals surface area (Å²) in [4.78, 5) is 14.4. The predicted molar refractivity (Wildman–Crippen MR) is 92.3 cm³/mol. The van der Waals surface area contributed by atoms with Gasteiger partial charge in [0.2, 0.25) is 0 Å². The quantitative estimate of drug-likeness (QED) is 0.863. The maximum Gasteiger partial charge on any atom is 0.276 e. The molecule has 4 rings (SSSR count). The maximum atomic E-state index is 12.8. The third-order valence-corrected chi connectivity index (χ3v) is 5.95. The zero-order valence-electron chi connectivity index (χ0n) is 13.8. The van der Waals surface area contributed by atoms with Gasteiger partial charge in [0.05, 0.1) is 11.1 Å². The topological polar surface area (TPSA) is 78.6 Å². The third kappa shape index (κ3) is 2.39. The average molecular weight is 362 g/mol. The molecule has 6 nitrogen and oxygen atoms in total. The Labute approximate surface area is 150 Å². The van der Waals surface area contributed by atoms with Crippen molar-refractivity contribution >= 4 is 17.5 Å². The van der Waals surface area contributed by atoms with Crippen molar-refractivity contribution < 1.29 is 15.0 Å². The average Bonchev–Trinajstić information content (AvgIpc) is 2.95. The van der Waals surface area contributed by atoms with Gasteiger partial charge in [0.1, 0.15) is 0 Å². The monoisotopic (exact) mass is 361 g/mol. The highest BCUT2D eigenvalue weighted by Gasteiger charge is 2.71. The molecule has 7 heteroatoms. The van der Waals surface area contributed by atoms with Gasteiger partial charge in [-0.15, -0.1) is 0 Å². The van der Waals surface area contributed by atoms with Crippen molar-refractivity contribution in [3.8, 4) is 0 Å². The molecule has 1 amide bonds. The van der Waals surface area contributed by atoms with Crippen LogP contribution in [0, 0.1) is 11.3 Å². The largest absolute Gasteiger partial charge is 0.396 e. The van der Waals surface area contributed by atoms with Crippen LogP contribution in [0.2, 0.25) is 5.02 Å². The van der Waals surface area contributed by atoms with Gasteiger partial charge in [0.25, 0.3) is 5.91 Å². The molecular formula is C18H20ClN3O3. The third-order valence-electron chi connectivity index (χ3n) is 5.67. The molecule has 0 bridgehead atoms. The number of β-amino-alcohol motifs (C(OH)–C–C–N with tert-alkyl or cyclic N) is 1. The molecule has 25 heavy (non-hydrogen) atoms. The van der Waals surface area contributed by atoms with E-state index in [1.807, 2.05) is 30.3 Å². The van der Waals surface area contributed by atoms with Gasteiger partial charge in [-0.2, -0.15) is 5.10 Å². The number of aromatic nitrogens is 2. The van der Waals surface area contributed by atoms with E-state index in [4.69, 9.17) is 11.6 Å². The fourth-order valence-electron chi connectivity index (χ4n) is 4.48. The van der Waals surface area contributed by atoms with Crippen LogP contribution in [-0.2, 0) is 7.05 Å². The molecule has 0 unspecified atom stereocenters. The van der Waals surface area contributed by atoms with Gasteiger partial charge in [-0.05, 0) is 17.4 Å². The van der Waals surface area contributed by atoms with Crippen LogP contribution in [0.15, 0.2) is 36.5 Å². The minimum atomic E-state index is -0.679. The Balaban J connectivity index is 1.61. The van der Waals surface area contributed by atoms with Crippen LogP contribution in [0.1, 0.15) is 22.0 Å². The number of carbonyl (C=O) groups is 1. The Hall–Kier alpha value is -1.89. The van der Waals surface area contributed by atoms with Gasteiger partial charge in [0, 0.05) is 38.4 Å². The Morgan fingerprint density at radius 1 is 1.40 bits per heavy atom. The second-order valence-corrected chi connectivity index (χ2v) is 7.40. The zero-order valence-corrected chi connectivity index (χ0v) is 14.6. The van der Waals surface area contributed by atoms with Crippen LogP contribution in [0.5, 0.6) is 0 Å². The smallest absolute Gasteiger partial charge is 0.276 e. The first-order chi connectivity index (χ1) is 12.0. The van der Waals surface area contributed by atoms with E-state index < -0.39 is 11.5 Å². The van der Waals surface area contributed by atoms with Crippen molar-refractivity contribution in [2.75, 3.05) is 19.7 Å². The van der Waals surface area contributed by atoms with Crippen LogP contribution >= 0.6 is 11.6 Å². The Kier molecular flexibility index (Phi) is 3.86. The summed E-state index contributed by atoms with van der Waals surface area (Å²) >= 11 is 6.09. The fraction of sp³-hybridized carbons (Fsp3) is 0.444. The summed E-state index contributed by atoms with van der Waals surface area (Å²) in [5, 5.41) is 25.0. The van der Waals surface area contributed by atoms with Crippen molar-refractivity contribution in [1.82, 2.24) is 14.7 Å². The number of aliphatic hydroxyl groups is 2. The standard InChI is InChI=1S/C18H20ClN3O3/c1-21-7-13(19)16(20-21)17(25)22-8-14(24)18(10-22)12(9-23)15(18)11-5-3-2-4-6-11/h2-7,12,14-15,23-24H,8-10H2,1H3/t12-,14-,15-,18-/m1/s1. The molecule has 1 aliphatic carbocycles. The van der Waals surface area contributed by atoms with Crippen LogP contribution in [-0.4, -0.2) is 56.6 Å². The van der Waals surface area contributed by atoms with Crippen LogP contribution in [0.3, 0.4) is 0 Å². The van der Waals surface area contributed by atoms with Crippen molar-refractivity contribution in [1.29, 1.82) is 0 Å². The molecule has 1 saturated carbocycles. The number of hydrogen-bond acceptors (Lipinski definition) is 4. The summed E-state index contributed by atoms with van der Waals surface area (Å²) in [6, 6.07) is 9.86. The minimum Gasteiger partial charge on any atom is -0.396 e. The first kappa shape index (κ1) is 16.6. The number of aliphatic hydroxyl groups excluding tert-OH is 2. The Bertz CT molecular complexity index is 809. The van der Waals surface area contributed by atoms with Crippen molar-refractivity contribution in [3.05, 3.63) is 52.8 Å². The molecular weight excluding hydrogens is 342 g/mol. The molecule has 2 aromatic rings. The zero-order chi connectivity index (χ0) is 17.8. The number of likely N-dealkylation sites (tertiary alicyclic amines) is 1. The molecule has 1 spiro atoms. The number of carbonyl (C=O) groups excluding carboxylic acids is 1. The van der Waals surface area contributed by atoms with E-state index >= 15 is 0 Å². The number of amides is 1. The first-order valence-electron chi connectivity index (χ1n) is 8.31. The van der Waals surface area contributed by atoms with Gasteiger partial charge in [-0.1, -0.05) is 41.9 Å². The highest BCUT2D eigenvalue weighted by molar-refractivity contribution is 6.33. The molecule has 2 N–H and O–H groups in total. The number of benzene rings is 1. The lowest BCUT2D eigenvalue weighted by Gasteiger charge is -2.16. The van der Waals surface area contributed by atoms with Gasteiger partial charge < -0.3 is 15.1 Å². The lowest BCUT2D eigenvalue weighted by atomic mass is 9.95. The van der Waals surface area contributed by atoms with E-state index in [9.17, 15) is 15.0 Å². The van der Waals surface area contributed by atoms with Crippen molar-refractivity contribution in [2.45, 2.75) is 12.0 Å². The molecule has 2 fully saturated rings. The number of aryl methyl sites for hydroxylation is 1. The molecule has 1 saturated heterocycles. The van der Waals surface area contributed by atoms with Crippen molar-refractivity contribution in [2.24, 2.45) is 18.4 Å². The molecule has 2 aliphatic rings. The summed E-state index contributed by atoms with van der Waals surface area (Å²) in [6.07, 6.45) is 0.901. The normalized spacial score (nSPS) is 30.9. The maximum absolute atomic E-state index is 12.8. The molecule has 1 aromatic heterocycles. The molecule has 0 radical (unpaired) electrons. The van der Waals surface area contributed by atoms with E-state index in [1.54, 1.807) is 18.1 Å². The van der Waals surface area contributed by atoms with E-state index in [2.05, 4.69) is 5.10 Å². The second kappa shape index (κ2) is 5.83. The SMILES string of the molecule is Cn1cc(Cl)c(C(=O)N2C[C@@H](O)[C@@]3(C2)[C@H](CO)[C@H]3c2ccccc2)n1. The summed E-state index contributed by atoms with van der Waals surface area (Å²) in [7, 11) is 1.71. The molecule has 1 aliphatic heterocycles. The van der Waals surface area contributed by atoms with Gasteiger partial charge in [0.15, 0.2) is 5.69 Å². The summed E-state index contributed by atoms with van der Waals surface area (Å²) in [6.45, 7) is 0.610. The summed E-state index contributed by atoms with van der Waals surface area (Å²) in [5.41, 5.74) is 0.796. The molecule has 132 valence electrons.